The van der Waals surface area contributed by atoms with Gasteiger partial charge in [-0.05, 0) is 31.4 Å². The average molecular weight is 392 g/mol. The number of unbranched alkanes of at least 4 members (excludes halogenated alkanes) is 2. The molecule has 1 aliphatic heterocycles. The van der Waals surface area contributed by atoms with E-state index in [1.165, 1.54) is 12.3 Å². The second kappa shape index (κ2) is 9.48. The highest BCUT2D eigenvalue weighted by atomic mass is 35.5. The first-order chi connectivity index (χ1) is 13.2. The molecule has 6 nitrogen and oxygen atoms in total. The number of pyridine rings is 1. The number of aromatic nitrogens is 1. The van der Waals surface area contributed by atoms with Crippen molar-refractivity contribution in [3.63, 3.8) is 0 Å². The SMILES string of the molecule is O=c1cc(OCCCCCO)ccn1C(C1=COCO1)c1ccccc1Cl. The van der Waals surface area contributed by atoms with Crippen LogP contribution in [0.5, 0.6) is 5.75 Å². The van der Waals surface area contributed by atoms with Crippen LogP contribution in [0, 0.1) is 0 Å². The molecule has 0 radical (unpaired) electrons. The highest BCUT2D eigenvalue weighted by Crippen LogP contribution is 2.33. The Balaban J connectivity index is 1.83. The van der Waals surface area contributed by atoms with Crippen LogP contribution in [0.4, 0.5) is 0 Å². The molecule has 27 heavy (non-hydrogen) atoms. The molecule has 0 spiro atoms. The molecule has 144 valence electrons. The van der Waals surface area contributed by atoms with Gasteiger partial charge in [-0.3, -0.25) is 4.79 Å². The lowest BCUT2D eigenvalue weighted by Gasteiger charge is -2.21. The molecule has 1 aromatic carbocycles. The molecule has 2 aromatic rings. The van der Waals surface area contributed by atoms with Crippen LogP contribution in [-0.4, -0.2) is 29.7 Å². The second-order valence-electron chi connectivity index (χ2n) is 6.11. The molecular weight excluding hydrogens is 370 g/mol. The molecule has 1 atom stereocenters. The Bertz CT molecular complexity index is 848. The summed E-state index contributed by atoms with van der Waals surface area (Å²) in [5.74, 6) is 1.03. The van der Waals surface area contributed by atoms with Gasteiger partial charge in [0.1, 0.15) is 18.1 Å². The first kappa shape index (κ1) is 19.3. The maximum Gasteiger partial charge on any atom is 0.255 e. The molecule has 1 N–H and O–H groups in total. The van der Waals surface area contributed by atoms with Crippen LogP contribution in [0.2, 0.25) is 5.02 Å². The molecule has 0 bridgehead atoms. The first-order valence-electron chi connectivity index (χ1n) is 8.85. The van der Waals surface area contributed by atoms with Crippen LogP contribution in [-0.2, 0) is 9.47 Å². The first-order valence-corrected chi connectivity index (χ1v) is 9.23. The van der Waals surface area contributed by atoms with Gasteiger partial charge >= 0.3 is 0 Å². The number of halogens is 1. The molecular formula is C20H22ClNO5. The Labute approximate surface area is 162 Å². The number of benzene rings is 1. The Hall–Kier alpha value is -2.44. The van der Waals surface area contributed by atoms with Crippen molar-refractivity contribution in [1.82, 2.24) is 4.57 Å². The number of ether oxygens (including phenoxy) is 3. The molecule has 1 unspecified atom stereocenters. The summed E-state index contributed by atoms with van der Waals surface area (Å²) >= 11 is 6.36. The van der Waals surface area contributed by atoms with Crippen molar-refractivity contribution >= 4 is 11.6 Å². The fourth-order valence-corrected chi connectivity index (χ4v) is 3.13. The van der Waals surface area contributed by atoms with E-state index >= 15 is 0 Å². The summed E-state index contributed by atoms with van der Waals surface area (Å²) in [6, 6.07) is 9.99. The minimum absolute atomic E-state index is 0.111. The minimum Gasteiger partial charge on any atom is -0.493 e. The second-order valence-corrected chi connectivity index (χ2v) is 6.52. The van der Waals surface area contributed by atoms with Crippen molar-refractivity contribution in [1.29, 1.82) is 0 Å². The Morgan fingerprint density at radius 1 is 1.22 bits per heavy atom. The van der Waals surface area contributed by atoms with Crippen LogP contribution in [0.15, 0.2) is 59.4 Å². The van der Waals surface area contributed by atoms with E-state index in [2.05, 4.69) is 0 Å². The maximum atomic E-state index is 12.7. The van der Waals surface area contributed by atoms with Crippen molar-refractivity contribution in [3.8, 4) is 5.75 Å². The van der Waals surface area contributed by atoms with Crippen LogP contribution in [0.3, 0.4) is 0 Å². The largest absolute Gasteiger partial charge is 0.493 e. The van der Waals surface area contributed by atoms with Crippen LogP contribution < -0.4 is 10.3 Å². The molecule has 0 saturated carbocycles. The highest BCUT2D eigenvalue weighted by molar-refractivity contribution is 6.31. The number of nitrogens with zero attached hydrogens (tertiary/aromatic N) is 1. The van der Waals surface area contributed by atoms with Crippen LogP contribution in [0.25, 0.3) is 0 Å². The predicted molar refractivity (Wildman–Crippen MR) is 102 cm³/mol. The number of allylic oxidation sites excluding steroid dienone is 1. The molecule has 2 heterocycles. The summed E-state index contributed by atoms with van der Waals surface area (Å²) in [7, 11) is 0. The lowest BCUT2D eigenvalue weighted by molar-refractivity contribution is 0.0735. The quantitative estimate of drug-likeness (QED) is 0.663. The van der Waals surface area contributed by atoms with E-state index in [1.54, 1.807) is 22.9 Å². The van der Waals surface area contributed by atoms with Crippen LogP contribution >= 0.6 is 11.6 Å². The van der Waals surface area contributed by atoms with Crippen molar-refractivity contribution < 1.29 is 19.3 Å². The van der Waals surface area contributed by atoms with E-state index in [1.807, 2.05) is 18.2 Å². The predicted octanol–water partition coefficient (Wildman–Crippen LogP) is 3.48. The minimum atomic E-state index is -0.521. The molecule has 0 aliphatic carbocycles. The molecule has 7 heteroatoms. The van der Waals surface area contributed by atoms with Crippen molar-refractivity contribution in [2.24, 2.45) is 0 Å². The van der Waals surface area contributed by atoms with Gasteiger partial charge in [-0.25, -0.2) is 0 Å². The lowest BCUT2D eigenvalue weighted by Crippen LogP contribution is -2.26. The Kier molecular flexibility index (Phi) is 6.79. The van der Waals surface area contributed by atoms with Gasteiger partial charge in [0.05, 0.1) is 6.61 Å². The van der Waals surface area contributed by atoms with E-state index < -0.39 is 6.04 Å². The summed E-state index contributed by atoms with van der Waals surface area (Å²) in [5.41, 5.74) is 0.514. The van der Waals surface area contributed by atoms with Gasteiger partial charge in [0.15, 0.2) is 5.76 Å². The fraction of sp³-hybridized carbons (Fsp3) is 0.350. The summed E-state index contributed by atoms with van der Waals surface area (Å²) in [6.07, 6.45) is 5.63. The monoisotopic (exact) mass is 391 g/mol. The number of hydrogen-bond acceptors (Lipinski definition) is 5. The van der Waals surface area contributed by atoms with Crippen molar-refractivity contribution in [2.45, 2.75) is 25.3 Å². The number of aliphatic hydroxyl groups excluding tert-OH is 1. The molecule has 1 aromatic heterocycles. The summed E-state index contributed by atoms with van der Waals surface area (Å²) in [5, 5.41) is 9.32. The van der Waals surface area contributed by atoms with E-state index in [-0.39, 0.29) is 19.0 Å². The van der Waals surface area contributed by atoms with E-state index in [0.717, 1.165) is 24.8 Å². The molecule has 0 fully saturated rings. The third kappa shape index (κ3) is 4.84. The van der Waals surface area contributed by atoms with E-state index in [9.17, 15) is 4.79 Å². The van der Waals surface area contributed by atoms with Crippen molar-refractivity contribution in [2.75, 3.05) is 20.0 Å². The molecule has 3 rings (SSSR count). The van der Waals surface area contributed by atoms with Gasteiger partial charge in [0.25, 0.3) is 5.56 Å². The third-order valence-corrected chi connectivity index (χ3v) is 4.58. The van der Waals surface area contributed by atoms with Gasteiger partial charge in [0.2, 0.25) is 6.79 Å². The van der Waals surface area contributed by atoms with Crippen LogP contribution in [0.1, 0.15) is 30.9 Å². The fourth-order valence-electron chi connectivity index (χ4n) is 2.89. The average Bonchev–Trinajstić information content (AvgIpc) is 3.19. The Morgan fingerprint density at radius 3 is 2.78 bits per heavy atom. The van der Waals surface area contributed by atoms with Gasteiger partial charge in [0, 0.05) is 29.5 Å². The van der Waals surface area contributed by atoms with E-state index in [4.69, 9.17) is 30.9 Å². The van der Waals surface area contributed by atoms with Gasteiger partial charge in [-0.15, -0.1) is 0 Å². The summed E-state index contributed by atoms with van der Waals surface area (Å²) in [6.45, 7) is 0.792. The zero-order valence-electron chi connectivity index (χ0n) is 14.8. The molecule has 0 amide bonds. The normalized spacial score (nSPS) is 14.2. The van der Waals surface area contributed by atoms with Gasteiger partial charge < -0.3 is 23.9 Å². The standard InChI is InChI=1S/C20H22ClNO5/c21-17-7-3-2-6-16(17)20(18-13-25-14-27-18)22-9-8-15(12-19(22)24)26-11-5-1-4-10-23/h2-3,6-9,12-13,20,23H,1,4-5,10-11,14H2. The van der Waals surface area contributed by atoms with E-state index in [0.29, 0.717) is 23.1 Å². The number of hydrogen-bond donors (Lipinski definition) is 1. The Morgan fingerprint density at radius 2 is 2.07 bits per heavy atom. The smallest absolute Gasteiger partial charge is 0.255 e. The summed E-state index contributed by atoms with van der Waals surface area (Å²) in [4.78, 5) is 12.7. The zero-order valence-corrected chi connectivity index (χ0v) is 15.6. The maximum absolute atomic E-state index is 12.7. The third-order valence-electron chi connectivity index (χ3n) is 4.23. The molecule has 0 saturated heterocycles. The lowest BCUT2D eigenvalue weighted by atomic mass is 10.0. The number of rotatable bonds is 9. The van der Waals surface area contributed by atoms with Gasteiger partial charge in [-0.2, -0.15) is 0 Å². The topological polar surface area (TPSA) is 69.9 Å². The molecule has 1 aliphatic rings. The zero-order chi connectivity index (χ0) is 19.1. The number of aliphatic hydroxyl groups is 1. The van der Waals surface area contributed by atoms with Crippen molar-refractivity contribution in [3.05, 3.63) is 75.6 Å². The summed E-state index contributed by atoms with van der Waals surface area (Å²) < 4.78 is 17.9. The van der Waals surface area contributed by atoms with Gasteiger partial charge in [-0.1, -0.05) is 29.8 Å². The highest BCUT2D eigenvalue weighted by Gasteiger charge is 2.26.